The van der Waals surface area contributed by atoms with E-state index >= 15 is 0 Å². The maximum Gasteiger partial charge on any atom is 0.251 e. The molecule has 1 aromatic carbocycles. The fourth-order valence-corrected chi connectivity index (χ4v) is 2.52. The molecule has 0 atom stereocenters. The summed E-state index contributed by atoms with van der Waals surface area (Å²) in [4.78, 5) is 21.6. The van der Waals surface area contributed by atoms with E-state index in [9.17, 15) is 4.79 Å². The number of amides is 1. The molecule has 6 nitrogen and oxygen atoms in total. The summed E-state index contributed by atoms with van der Waals surface area (Å²) in [6, 6.07) is 11.2. The van der Waals surface area contributed by atoms with Gasteiger partial charge in [0.25, 0.3) is 5.91 Å². The number of hydrogen-bond acceptors (Lipinski definition) is 5. The maximum atomic E-state index is 12.2. The van der Waals surface area contributed by atoms with Gasteiger partial charge in [-0.2, -0.15) is 5.10 Å². The van der Waals surface area contributed by atoms with Crippen molar-refractivity contribution >= 4 is 17.7 Å². The molecule has 0 aliphatic carbocycles. The summed E-state index contributed by atoms with van der Waals surface area (Å²) in [7, 11) is 0. The highest BCUT2D eigenvalue weighted by molar-refractivity contribution is 7.98. The van der Waals surface area contributed by atoms with Gasteiger partial charge in [0.1, 0.15) is 12.7 Å². The van der Waals surface area contributed by atoms with E-state index in [1.165, 1.54) is 6.33 Å². The smallest absolute Gasteiger partial charge is 0.251 e. The van der Waals surface area contributed by atoms with Crippen LogP contribution in [0.25, 0.3) is 5.82 Å². The molecule has 0 radical (unpaired) electrons. The first kappa shape index (κ1) is 15.2. The second-order valence-corrected chi connectivity index (χ2v) is 5.62. The lowest BCUT2D eigenvalue weighted by atomic mass is 10.2. The van der Waals surface area contributed by atoms with Gasteiger partial charge in [-0.05, 0) is 36.6 Å². The van der Waals surface area contributed by atoms with Crippen LogP contribution >= 0.6 is 11.8 Å². The summed E-state index contributed by atoms with van der Waals surface area (Å²) in [5, 5.41) is 6.99. The van der Waals surface area contributed by atoms with Crippen LogP contribution in [0.2, 0.25) is 0 Å². The predicted molar refractivity (Wildman–Crippen MR) is 88.5 cm³/mol. The molecule has 1 amide bonds. The standard InChI is InChI=1S/C16H15N5OS/c1-23-14-6-4-12(5-7-14)16(22)19-9-13-3-2-8-18-15(13)21-11-17-10-20-21/h2-8,10-11H,9H2,1H3,(H,19,22). The van der Waals surface area contributed by atoms with E-state index in [1.807, 2.05) is 42.7 Å². The molecule has 2 aromatic heterocycles. The molecule has 3 rings (SSSR count). The number of benzene rings is 1. The van der Waals surface area contributed by atoms with Crippen LogP contribution in [0.1, 0.15) is 15.9 Å². The zero-order valence-electron chi connectivity index (χ0n) is 12.5. The quantitative estimate of drug-likeness (QED) is 0.729. The number of nitrogens with one attached hydrogen (secondary N) is 1. The number of aromatic nitrogens is 4. The van der Waals surface area contributed by atoms with Gasteiger partial charge in [-0.3, -0.25) is 4.79 Å². The predicted octanol–water partition coefficient (Wildman–Crippen LogP) is 2.31. The first-order chi connectivity index (χ1) is 11.3. The van der Waals surface area contributed by atoms with Gasteiger partial charge >= 0.3 is 0 Å². The van der Waals surface area contributed by atoms with Crippen LogP contribution in [0.4, 0.5) is 0 Å². The molecule has 0 bridgehead atoms. The van der Waals surface area contributed by atoms with Gasteiger partial charge in [0.15, 0.2) is 5.82 Å². The van der Waals surface area contributed by atoms with Crippen LogP contribution in [0.15, 0.2) is 60.1 Å². The monoisotopic (exact) mass is 325 g/mol. The summed E-state index contributed by atoms with van der Waals surface area (Å²) in [6.45, 7) is 0.367. The van der Waals surface area contributed by atoms with Gasteiger partial charge < -0.3 is 5.32 Å². The lowest BCUT2D eigenvalue weighted by Gasteiger charge is -2.09. The molecule has 0 aliphatic heterocycles. The lowest BCUT2D eigenvalue weighted by molar-refractivity contribution is 0.0951. The van der Waals surface area contributed by atoms with E-state index in [1.54, 1.807) is 29.0 Å². The third kappa shape index (κ3) is 3.57. The number of carbonyl (C=O) groups excluding carboxylic acids is 1. The van der Waals surface area contributed by atoms with Gasteiger partial charge in [0.05, 0.1) is 0 Å². The van der Waals surface area contributed by atoms with E-state index in [0.29, 0.717) is 17.9 Å². The Morgan fingerprint density at radius 2 is 2.09 bits per heavy atom. The molecule has 116 valence electrons. The van der Waals surface area contributed by atoms with Crippen molar-refractivity contribution in [1.29, 1.82) is 0 Å². The van der Waals surface area contributed by atoms with Crippen molar-refractivity contribution in [3.8, 4) is 5.82 Å². The minimum absolute atomic E-state index is 0.119. The van der Waals surface area contributed by atoms with Gasteiger partial charge in [0.2, 0.25) is 0 Å². The van der Waals surface area contributed by atoms with Crippen LogP contribution in [-0.2, 0) is 6.54 Å². The molecule has 0 spiro atoms. The highest BCUT2D eigenvalue weighted by atomic mass is 32.2. The van der Waals surface area contributed by atoms with Crippen molar-refractivity contribution < 1.29 is 4.79 Å². The molecule has 2 heterocycles. The van der Waals surface area contributed by atoms with E-state index in [4.69, 9.17) is 0 Å². The van der Waals surface area contributed by atoms with E-state index in [2.05, 4.69) is 20.4 Å². The third-order valence-electron chi connectivity index (χ3n) is 3.29. The molecule has 7 heteroatoms. The van der Waals surface area contributed by atoms with Gasteiger partial charge in [-0.1, -0.05) is 6.07 Å². The zero-order chi connectivity index (χ0) is 16.1. The Labute approximate surface area is 138 Å². The second kappa shape index (κ2) is 7.06. The second-order valence-electron chi connectivity index (χ2n) is 4.74. The van der Waals surface area contributed by atoms with E-state index < -0.39 is 0 Å². The Bertz CT molecular complexity index is 786. The maximum absolute atomic E-state index is 12.2. The van der Waals surface area contributed by atoms with Gasteiger partial charge in [-0.25, -0.2) is 14.6 Å². The molecular weight excluding hydrogens is 310 g/mol. The summed E-state index contributed by atoms with van der Waals surface area (Å²) in [5.74, 6) is 0.536. The molecular formula is C16H15N5OS. The topological polar surface area (TPSA) is 72.7 Å². The molecule has 0 aliphatic rings. The summed E-state index contributed by atoms with van der Waals surface area (Å²) in [6.07, 6.45) is 6.71. The summed E-state index contributed by atoms with van der Waals surface area (Å²) >= 11 is 1.64. The van der Waals surface area contributed by atoms with Crippen molar-refractivity contribution in [3.05, 3.63) is 66.4 Å². The zero-order valence-corrected chi connectivity index (χ0v) is 13.3. The normalized spacial score (nSPS) is 10.5. The number of nitrogens with zero attached hydrogens (tertiary/aromatic N) is 4. The number of pyridine rings is 1. The van der Waals surface area contributed by atoms with Crippen LogP contribution < -0.4 is 5.32 Å². The van der Waals surface area contributed by atoms with Gasteiger partial charge in [0, 0.05) is 28.8 Å². The fourth-order valence-electron chi connectivity index (χ4n) is 2.11. The molecule has 0 saturated carbocycles. The molecule has 0 saturated heterocycles. The Morgan fingerprint density at radius 3 is 2.78 bits per heavy atom. The first-order valence-electron chi connectivity index (χ1n) is 6.99. The van der Waals surface area contributed by atoms with Crippen molar-refractivity contribution in [1.82, 2.24) is 25.1 Å². The first-order valence-corrected chi connectivity index (χ1v) is 8.21. The molecule has 0 unspecified atom stereocenters. The number of rotatable bonds is 5. The Morgan fingerprint density at radius 1 is 1.26 bits per heavy atom. The summed E-state index contributed by atoms with van der Waals surface area (Å²) < 4.78 is 1.58. The average Bonchev–Trinajstić information content (AvgIpc) is 3.14. The van der Waals surface area contributed by atoms with Crippen molar-refractivity contribution in [2.75, 3.05) is 6.26 Å². The molecule has 3 aromatic rings. The van der Waals surface area contributed by atoms with Crippen molar-refractivity contribution in [2.45, 2.75) is 11.4 Å². The SMILES string of the molecule is CSc1ccc(C(=O)NCc2cccnc2-n2cncn2)cc1. The molecule has 1 N–H and O–H groups in total. The van der Waals surface area contributed by atoms with Crippen LogP contribution in [-0.4, -0.2) is 31.9 Å². The van der Waals surface area contributed by atoms with Crippen LogP contribution in [0.5, 0.6) is 0 Å². The minimum Gasteiger partial charge on any atom is -0.348 e. The molecule has 23 heavy (non-hydrogen) atoms. The number of carbonyl (C=O) groups is 1. The largest absolute Gasteiger partial charge is 0.348 e. The Hall–Kier alpha value is -2.67. The molecule has 0 fully saturated rings. The van der Waals surface area contributed by atoms with Crippen LogP contribution in [0.3, 0.4) is 0 Å². The number of thioether (sulfide) groups is 1. The highest BCUT2D eigenvalue weighted by Gasteiger charge is 2.09. The highest BCUT2D eigenvalue weighted by Crippen LogP contribution is 2.15. The lowest BCUT2D eigenvalue weighted by Crippen LogP contribution is -2.23. The van der Waals surface area contributed by atoms with Crippen LogP contribution in [0, 0.1) is 0 Å². The summed E-state index contributed by atoms with van der Waals surface area (Å²) in [5.41, 5.74) is 1.50. The fraction of sp³-hybridized carbons (Fsp3) is 0.125. The average molecular weight is 325 g/mol. The number of hydrogen-bond donors (Lipinski definition) is 1. The van der Waals surface area contributed by atoms with Crippen molar-refractivity contribution in [3.63, 3.8) is 0 Å². The van der Waals surface area contributed by atoms with Gasteiger partial charge in [-0.15, -0.1) is 11.8 Å². The Balaban J connectivity index is 1.72. The minimum atomic E-state index is -0.119. The van der Waals surface area contributed by atoms with E-state index in [0.717, 1.165) is 10.5 Å². The van der Waals surface area contributed by atoms with Crippen molar-refractivity contribution in [2.24, 2.45) is 0 Å². The van der Waals surface area contributed by atoms with E-state index in [-0.39, 0.29) is 5.91 Å². The Kier molecular flexibility index (Phi) is 4.68. The third-order valence-corrected chi connectivity index (χ3v) is 4.04.